The molecule has 0 aliphatic carbocycles. The predicted octanol–water partition coefficient (Wildman–Crippen LogP) is 3.89. The van der Waals surface area contributed by atoms with Crippen molar-refractivity contribution in [1.82, 2.24) is 14.7 Å². The van der Waals surface area contributed by atoms with E-state index in [1.165, 1.54) is 6.42 Å². The van der Waals surface area contributed by atoms with Crippen LogP contribution in [0.4, 0.5) is 10.5 Å². The van der Waals surface area contributed by atoms with Crippen molar-refractivity contribution < 1.29 is 4.79 Å². The van der Waals surface area contributed by atoms with Crippen molar-refractivity contribution in [3.63, 3.8) is 0 Å². The summed E-state index contributed by atoms with van der Waals surface area (Å²) in [5.41, 5.74) is 2.19. The molecular weight excluding hydrogens is 276 g/mol. The van der Waals surface area contributed by atoms with Crippen LogP contribution in [0.5, 0.6) is 0 Å². The molecule has 1 N–H and O–H groups in total. The van der Waals surface area contributed by atoms with Crippen LogP contribution in [0.1, 0.15) is 52.7 Å². The summed E-state index contributed by atoms with van der Waals surface area (Å²) in [6.45, 7) is 13.5. The van der Waals surface area contributed by atoms with E-state index in [9.17, 15) is 4.79 Å². The predicted molar refractivity (Wildman–Crippen MR) is 90.0 cm³/mol. The van der Waals surface area contributed by atoms with Crippen LogP contribution in [0.25, 0.3) is 0 Å². The van der Waals surface area contributed by atoms with Crippen LogP contribution in [0, 0.1) is 18.3 Å². The van der Waals surface area contributed by atoms with Crippen molar-refractivity contribution in [2.45, 2.75) is 60.4 Å². The maximum Gasteiger partial charge on any atom is 0.321 e. The largest absolute Gasteiger partial charge is 0.325 e. The third kappa shape index (κ3) is 4.24. The second kappa shape index (κ2) is 6.71. The van der Waals surface area contributed by atoms with E-state index in [2.05, 4.69) is 38.1 Å². The van der Waals surface area contributed by atoms with Crippen LogP contribution < -0.4 is 5.32 Å². The molecule has 2 amide bonds. The standard InChI is InChI=1S/C17H30N4O/c1-13(2)12-21-14(3)15(11-18-21)19-16(22)20-9-6-7-17(4,5)8-10-20/h11,13H,6-10,12H2,1-5H3,(H,19,22). The molecule has 2 heterocycles. The fraction of sp³-hybridized carbons (Fsp3) is 0.765. The van der Waals surface area contributed by atoms with Gasteiger partial charge in [0.1, 0.15) is 0 Å². The quantitative estimate of drug-likeness (QED) is 0.921. The minimum absolute atomic E-state index is 0.00453. The molecule has 1 aromatic heterocycles. The number of hydrogen-bond donors (Lipinski definition) is 1. The fourth-order valence-electron chi connectivity index (χ4n) is 2.92. The zero-order chi connectivity index (χ0) is 16.3. The lowest BCUT2D eigenvalue weighted by atomic mass is 9.85. The molecule has 1 aromatic rings. The van der Waals surface area contributed by atoms with E-state index in [1.54, 1.807) is 6.20 Å². The van der Waals surface area contributed by atoms with Gasteiger partial charge in [-0.3, -0.25) is 4.68 Å². The van der Waals surface area contributed by atoms with Crippen LogP contribution in [0.15, 0.2) is 6.20 Å². The first kappa shape index (κ1) is 16.8. The highest BCUT2D eigenvalue weighted by molar-refractivity contribution is 5.89. The molecule has 0 aromatic carbocycles. The highest BCUT2D eigenvalue weighted by atomic mass is 16.2. The van der Waals surface area contributed by atoms with Gasteiger partial charge in [0.05, 0.1) is 17.6 Å². The van der Waals surface area contributed by atoms with Gasteiger partial charge in [0.2, 0.25) is 0 Å². The summed E-state index contributed by atoms with van der Waals surface area (Å²) >= 11 is 0. The molecule has 0 bridgehead atoms. The van der Waals surface area contributed by atoms with Crippen LogP contribution >= 0.6 is 0 Å². The van der Waals surface area contributed by atoms with Gasteiger partial charge in [-0.05, 0) is 37.5 Å². The average molecular weight is 306 g/mol. The molecule has 0 unspecified atom stereocenters. The summed E-state index contributed by atoms with van der Waals surface area (Å²) in [5, 5.41) is 7.41. The number of aromatic nitrogens is 2. The first-order valence-corrected chi connectivity index (χ1v) is 8.37. The summed E-state index contributed by atoms with van der Waals surface area (Å²) < 4.78 is 1.96. The number of likely N-dealkylation sites (tertiary alicyclic amines) is 1. The Bertz CT molecular complexity index is 519. The zero-order valence-electron chi connectivity index (χ0n) is 14.6. The van der Waals surface area contributed by atoms with Crippen molar-refractivity contribution in [2.24, 2.45) is 11.3 Å². The van der Waals surface area contributed by atoms with E-state index < -0.39 is 0 Å². The van der Waals surface area contributed by atoms with Crippen molar-refractivity contribution in [2.75, 3.05) is 18.4 Å². The molecule has 0 saturated carbocycles. The van der Waals surface area contributed by atoms with Crippen molar-refractivity contribution in [3.8, 4) is 0 Å². The van der Waals surface area contributed by atoms with Crippen LogP contribution in [0.3, 0.4) is 0 Å². The third-order valence-corrected chi connectivity index (χ3v) is 4.51. The Morgan fingerprint density at radius 3 is 2.77 bits per heavy atom. The number of rotatable bonds is 3. The lowest BCUT2D eigenvalue weighted by Gasteiger charge is -2.23. The molecule has 1 aliphatic rings. The van der Waals surface area contributed by atoms with E-state index >= 15 is 0 Å². The Labute approximate surface area is 134 Å². The highest BCUT2D eigenvalue weighted by Crippen LogP contribution is 2.30. The number of anilines is 1. The molecule has 0 radical (unpaired) electrons. The summed E-state index contributed by atoms with van der Waals surface area (Å²) in [5.74, 6) is 0.537. The van der Waals surface area contributed by atoms with E-state index in [-0.39, 0.29) is 6.03 Å². The summed E-state index contributed by atoms with van der Waals surface area (Å²) in [4.78, 5) is 14.4. The Hall–Kier alpha value is -1.52. The summed E-state index contributed by atoms with van der Waals surface area (Å²) in [6.07, 6.45) is 5.08. The first-order valence-electron chi connectivity index (χ1n) is 8.37. The minimum atomic E-state index is 0.00453. The zero-order valence-corrected chi connectivity index (χ0v) is 14.6. The topological polar surface area (TPSA) is 50.2 Å². The maximum atomic E-state index is 12.5. The first-order chi connectivity index (χ1) is 10.3. The molecule has 1 saturated heterocycles. The Morgan fingerprint density at radius 1 is 1.36 bits per heavy atom. The van der Waals surface area contributed by atoms with Gasteiger partial charge in [0, 0.05) is 19.6 Å². The summed E-state index contributed by atoms with van der Waals surface area (Å²) in [7, 11) is 0. The third-order valence-electron chi connectivity index (χ3n) is 4.51. The fourth-order valence-corrected chi connectivity index (χ4v) is 2.92. The van der Waals surface area contributed by atoms with Gasteiger partial charge in [-0.2, -0.15) is 5.10 Å². The van der Waals surface area contributed by atoms with Gasteiger partial charge in [0.15, 0.2) is 0 Å². The van der Waals surface area contributed by atoms with Crippen LogP contribution in [0.2, 0.25) is 0 Å². The average Bonchev–Trinajstić information content (AvgIpc) is 2.64. The molecule has 0 atom stereocenters. The minimum Gasteiger partial charge on any atom is -0.325 e. The molecule has 1 fully saturated rings. The number of nitrogens with zero attached hydrogens (tertiary/aromatic N) is 3. The van der Waals surface area contributed by atoms with Crippen molar-refractivity contribution >= 4 is 11.7 Å². The van der Waals surface area contributed by atoms with E-state index in [1.807, 2.05) is 16.5 Å². The van der Waals surface area contributed by atoms with Crippen LogP contribution in [-0.2, 0) is 6.54 Å². The van der Waals surface area contributed by atoms with Crippen molar-refractivity contribution in [3.05, 3.63) is 11.9 Å². The number of carbonyl (C=O) groups excluding carboxylic acids is 1. The molecule has 1 aliphatic heterocycles. The Balaban J connectivity index is 1.98. The van der Waals surface area contributed by atoms with E-state index in [0.717, 1.165) is 43.9 Å². The molecule has 2 rings (SSSR count). The van der Waals surface area contributed by atoms with Gasteiger partial charge >= 0.3 is 6.03 Å². The number of urea groups is 1. The van der Waals surface area contributed by atoms with Gasteiger partial charge in [-0.25, -0.2) is 4.79 Å². The lowest BCUT2D eigenvalue weighted by molar-refractivity contribution is 0.211. The smallest absolute Gasteiger partial charge is 0.321 e. The monoisotopic (exact) mass is 306 g/mol. The molecule has 5 heteroatoms. The molecule has 0 spiro atoms. The van der Waals surface area contributed by atoms with Gasteiger partial charge in [0.25, 0.3) is 0 Å². The summed E-state index contributed by atoms with van der Waals surface area (Å²) in [6, 6.07) is 0.00453. The van der Waals surface area contributed by atoms with E-state index in [4.69, 9.17) is 0 Å². The number of carbonyl (C=O) groups is 1. The van der Waals surface area contributed by atoms with Crippen LogP contribution in [-0.4, -0.2) is 33.8 Å². The van der Waals surface area contributed by atoms with E-state index in [0.29, 0.717) is 11.3 Å². The second-order valence-electron chi connectivity index (χ2n) is 7.65. The number of nitrogens with one attached hydrogen (secondary N) is 1. The van der Waals surface area contributed by atoms with Gasteiger partial charge < -0.3 is 10.2 Å². The molecular formula is C17H30N4O. The second-order valence-corrected chi connectivity index (χ2v) is 7.65. The Morgan fingerprint density at radius 2 is 2.09 bits per heavy atom. The van der Waals surface area contributed by atoms with Gasteiger partial charge in [-0.15, -0.1) is 0 Å². The lowest BCUT2D eigenvalue weighted by Crippen LogP contribution is -2.36. The Kier molecular flexibility index (Phi) is 5.14. The maximum absolute atomic E-state index is 12.5. The SMILES string of the molecule is Cc1c(NC(=O)N2CCCC(C)(C)CC2)cnn1CC(C)C. The molecule has 5 nitrogen and oxygen atoms in total. The molecule has 124 valence electrons. The normalized spacial score (nSPS) is 18.4. The number of hydrogen-bond acceptors (Lipinski definition) is 2. The van der Waals surface area contributed by atoms with Gasteiger partial charge in [-0.1, -0.05) is 27.7 Å². The molecule has 22 heavy (non-hydrogen) atoms. The van der Waals surface area contributed by atoms with Crippen molar-refractivity contribution in [1.29, 1.82) is 0 Å². The number of amides is 2. The highest BCUT2D eigenvalue weighted by Gasteiger charge is 2.25.